The largest absolute Gasteiger partial charge is 0.453 e. The molecule has 0 unspecified atom stereocenters. The van der Waals surface area contributed by atoms with Gasteiger partial charge in [0.25, 0.3) is 0 Å². The number of halogens is 1. The van der Waals surface area contributed by atoms with E-state index >= 15 is 0 Å². The summed E-state index contributed by atoms with van der Waals surface area (Å²) in [6.07, 6.45) is -4.20. The van der Waals surface area contributed by atoms with Crippen LogP contribution in [0.25, 0.3) is 0 Å². The highest BCUT2D eigenvalue weighted by Crippen LogP contribution is 2.36. The third kappa shape index (κ3) is 6.83. The van der Waals surface area contributed by atoms with E-state index < -0.39 is 45.0 Å². The summed E-state index contributed by atoms with van der Waals surface area (Å²) in [6, 6.07) is 8.69. The number of carbonyl (C=O) groups is 1. The molecule has 1 fully saturated rings. The van der Waals surface area contributed by atoms with E-state index in [0.717, 1.165) is 0 Å². The number of methoxy groups -OCH3 is 1. The molecule has 1 aromatic carbocycles. The van der Waals surface area contributed by atoms with E-state index in [4.69, 9.17) is 23.4 Å². The van der Waals surface area contributed by atoms with Crippen molar-refractivity contribution in [3.8, 4) is 0 Å². The molecular formula is C22H35BrO7Si. The molecule has 5 atom stereocenters. The Morgan fingerprint density at radius 2 is 1.81 bits per heavy atom. The van der Waals surface area contributed by atoms with Crippen molar-refractivity contribution in [2.45, 2.75) is 69.6 Å². The van der Waals surface area contributed by atoms with Crippen molar-refractivity contribution >= 4 is 30.2 Å². The van der Waals surface area contributed by atoms with E-state index in [2.05, 4.69) is 49.8 Å². The Morgan fingerprint density at radius 1 is 1.16 bits per heavy atom. The van der Waals surface area contributed by atoms with Crippen LogP contribution >= 0.6 is 15.9 Å². The van der Waals surface area contributed by atoms with Gasteiger partial charge in [-0.15, -0.1) is 0 Å². The van der Waals surface area contributed by atoms with Crippen LogP contribution in [0.3, 0.4) is 0 Å². The van der Waals surface area contributed by atoms with Gasteiger partial charge in [-0.3, -0.25) is 0 Å². The Labute approximate surface area is 194 Å². The van der Waals surface area contributed by atoms with Crippen molar-refractivity contribution in [3.63, 3.8) is 0 Å². The van der Waals surface area contributed by atoms with Gasteiger partial charge in [0.1, 0.15) is 18.3 Å². The van der Waals surface area contributed by atoms with Crippen molar-refractivity contribution in [3.05, 3.63) is 35.9 Å². The highest BCUT2D eigenvalue weighted by atomic mass is 79.9. The number of hydrogen-bond acceptors (Lipinski definition) is 7. The number of rotatable bonds is 9. The number of ether oxygens (including phenoxy) is 4. The van der Waals surface area contributed by atoms with Gasteiger partial charge in [-0.05, 0) is 30.3 Å². The minimum atomic E-state index is -1.92. The van der Waals surface area contributed by atoms with Gasteiger partial charge in [-0.1, -0.05) is 54.9 Å². The Balaban J connectivity index is 2.10. The molecule has 1 aliphatic heterocycles. The molecule has 2 rings (SSSR count). The SMILES string of the molecule is CO[C@H]1O[C@H](CBr)[C@@H](OC(=O)c2ccccc2)[C@@H](OCCO[Si](C)(C)C(C)(C)C)[C@@H]1O. The van der Waals surface area contributed by atoms with Crippen LogP contribution in [0.5, 0.6) is 0 Å². The highest BCUT2D eigenvalue weighted by molar-refractivity contribution is 9.09. The average molecular weight is 520 g/mol. The normalized spacial score (nSPS) is 27.2. The lowest BCUT2D eigenvalue weighted by Crippen LogP contribution is -2.61. The first-order chi connectivity index (χ1) is 14.5. The summed E-state index contributed by atoms with van der Waals surface area (Å²) in [5, 5.41) is 11.2. The molecule has 0 saturated carbocycles. The number of esters is 1. The van der Waals surface area contributed by atoms with Crippen LogP contribution in [0.4, 0.5) is 0 Å². The van der Waals surface area contributed by atoms with E-state index in [1.807, 2.05) is 6.07 Å². The fourth-order valence-electron chi connectivity index (χ4n) is 3.01. The van der Waals surface area contributed by atoms with E-state index in [1.54, 1.807) is 24.3 Å². The average Bonchev–Trinajstić information content (AvgIpc) is 2.72. The highest BCUT2D eigenvalue weighted by Gasteiger charge is 2.48. The van der Waals surface area contributed by atoms with Crippen molar-refractivity contribution < 1.29 is 33.3 Å². The van der Waals surface area contributed by atoms with Crippen LogP contribution in [0.2, 0.25) is 18.1 Å². The molecular weight excluding hydrogens is 484 g/mol. The second-order valence-electron chi connectivity index (χ2n) is 9.10. The molecule has 31 heavy (non-hydrogen) atoms. The van der Waals surface area contributed by atoms with Crippen LogP contribution in [0.15, 0.2) is 30.3 Å². The van der Waals surface area contributed by atoms with Crippen LogP contribution in [0, 0.1) is 0 Å². The molecule has 0 amide bonds. The Bertz CT molecular complexity index is 695. The number of aliphatic hydroxyl groups is 1. The molecule has 9 heteroatoms. The minimum absolute atomic E-state index is 0.0845. The lowest BCUT2D eigenvalue weighted by molar-refractivity contribution is -0.292. The Morgan fingerprint density at radius 3 is 2.35 bits per heavy atom. The summed E-state index contributed by atoms with van der Waals surface area (Å²) < 4.78 is 29.0. The molecule has 1 saturated heterocycles. The van der Waals surface area contributed by atoms with Crippen molar-refractivity contribution in [2.24, 2.45) is 0 Å². The van der Waals surface area contributed by atoms with Gasteiger partial charge in [0.05, 0.1) is 18.8 Å². The first-order valence-corrected chi connectivity index (χ1v) is 14.5. The monoisotopic (exact) mass is 518 g/mol. The maximum absolute atomic E-state index is 12.7. The standard InChI is InChI=1S/C22H35BrO7Si/c1-22(2,3)31(5,6)28-13-12-27-19-17(24)21(26-4)29-16(14-23)18(19)30-20(25)15-10-8-7-9-11-15/h7-11,16-19,21,24H,12-14H2,1-6H3/t16-,17+,18-,19+,21+/m1/s1. The molecule has 1 N–H and O–H groups in total. The minimum Gasteiger partial charge on any atom is -0.453 e. The lowest BCUT2D eigenvalue weighted by Gasteiger charge is -2.43. The molecule has 1 aromatic rings. The van der Waals surface area contributed by atoms with Crippen LogP contribution in [0.1, 0.15) is 31.1 Å². The summed E-state index contributed by atoms with van der Waals surface area (Å²) in [4.78, 5) is 12.7. The lowest BCUT2D eigenvalue weighted by atomic mass is 9.99. The van der Waals surface area contributed by atoms with E-state index in [1.165, 1.54) is 7.11 Å². The molecule has 0 aromatic heterocycles. The quantitative estimate of drug-likeness (QED) is 0.230. The second kappa shape index (κ2) is 11.4. The summed E-state index contributed by atoms with van der Waals surface area (Å²) in [6.45, 7) is 11.5. The summed E-state index contributed by atoms with van der Waals surface area (Å²) in [5.74, 6) is -0.505. The first kappa shape index (κ1) is 26.4. The van der Waals surface area contributed by atoms with Crippen molar-refractivity contribution in [1.29, 1.82) is 0 Å². The van der Waals surface area contributed by atoms with Crippen molar-refractivity contribution in [1.82, 2.24) is 0 Å². The fourth-order valence-corrected chi connectivity index (χ4v) is 4.56. The smallest absolute Gasteiger partial charge is 0.338 e. The zero-order valence-corrected chi connectivity index (χ0v) is 21.8. The van der Waals surface area contributed by atoms with E-state index in [9.17, 15) is 9.90 Å². The van der Waals surface area contributed by atoms with E-state index in [0.29, 0.717) is 17.5 Å². The molecule has 1 heterocycles. The maximum Gasteiger partial charge on any atom is 0.338 e. The van der Waals surface area contributed by atoms with Gasteiger partial charge >= 0.3 is 5.97 Å². The number of alkyl halides is 1. The summed E-state index contributed by atoms with van der Waals surface area (Å²) in [7, 11) is -0.470. The van der Waals surface area contributed by atoms with Gasteiger partial charge in [-0.2, -0.15) is 0 Å². The number of hydrogen-bond donors (Lipinski definition) is 1. The van der Waals surface area contributed by atoms with E-state index in [-0.39, 0.29) is 11.6 Å². The van der Waals surface area contributed by atoms with Crippen LogP contribution in [-0.2, 0) is 23.4 Å². The van der Waals surface area contributed by atoms with Crippen LogP contribution in [-0.4, -0.2) is 75.8 Å². The molecule has 0 aliphatic carbocycles. The number of aliphatic hydroxyl groups excluding tert-OH is 1. The number of carbonyl (C=O) groups excluding carboxylic acids is 1. The predicted octanol–water partition coefficient (Wildman–Crippen LogP) is 3.75. The topological polar surface area (TPSA) is 83.5 Å². The molecule has 0 bridgehead atoms. The Hall–Kier alpha value is -0.813. The van der Waals surface area contributed by atoms with Gasteiger partial charge in [0.15, 0.2) is 20.7 Å². The second-order valence-corrected chi connectivity index (χ2v) is 14.6. The fraction of sp³-hybridized carbons (Fsp3) is 0.682. The molecule has 7 nitrogen and oxygen atoms in total. The van der Waals surface area contributed by atoms with Crippen molar-refractivity contribution in [2.75, 3.05) is 25.7 Å². The van der Waals surface area contributed by atoms with Gasteiger partial charge in [0.2, 0.25) is 0 Å². The Kier molecular flexibility index (Phi) is 9.69. The predicted molar refractivity (Wildman–Crippen MR) is 124 cm³/mol. The third-order valence-corrected chi connectivity index (χ3v) is 11.1. The van der Waals surface area contributed by atoms with Gasteiger partial charge in [-0.25, -0.2) is 4.79 Å². The molecule has 0 radical (unpaired) electrons. The van der Waals surface area contributed by atoms with Crippen LogP contribution < -0.4 is 0 Å². The third-order valence-electron chi connectivity index (χ3n) is 5.91. The number of benzene rings is 1. The zero-order valence-electron chi connectivity index (χ0n) is 19.2. The summed E-state index contributed by atoms with van der Waals surface area (Å²) >= 11 is 3.40. The molecule has 1 aliphatic rings. The molecule has 0 spiro atoms. The first-order valence-electron chi connectivity index (χ1n) is 10.5. The van der Waals surface area contributed by atoms with Gasteiger partial charge in [0, 0.05) is 12.4 Å². The zero-order chi connectivity index (χ0) is 23.2. The molecule has 176 valence electrons. The summed E-state index contributed by atoms with van der Waals surface area (Å²) in [5.41, 5.74) is 0.416. The maximum atomic E-state index is 12.7. The van der Waals surface area contributed by atoms with Gasteiger partial charge < -0.3 is 28.5 Å².